The van der Waals surface area contributed by atoms with Gasteiger partial charge in [0.2, 0.25) is 0 Å². The predicted molar refractivity (Wildman–Crippen MR) is 90.1 cm³/mol. The van der Waals surface area contributed by atoms with Gasteiger partial charge in [0.15, 0.2) is 6.61 Å². The molecule has 2 aromatic rings. The second-order valence-corrected chi connectivity index (χ2v) is 5.12. The fourth-order valence-electron chi connectivity index (χ4n) is 2.01. The van der Waals surface area contributed by atoms with E-state index in [1.54, 1.807) is 13.3 Å². The number of nitrogens with one attached hydrogen (secondary N) is 1. The van der Waals surface area contributed by atoms with Gasteiger partial charge in [-0.15, -0.1) is 0 Å². The average Bonchev–Trinajstić information content (AvgIpc) is 2.54. The lowest BCUT2D eigenvalue weighted by Crippen LogP contribution is -2.24. The molecule has 1 amide bonds. The highest BCUT2D eigenvalue weighted by atomic mass is 16.5. The van der Waals surface area contributed by atoms with Gasteiger partial charge in [-0.1, -0.05) is 17.7 Å². The summed E-state index contributed by atoms with van der Waals surface area (Å²) in [5.74, 6) is 1.16. The van der Waals surface area contributed by atoms with Gasteiger partial charge >= 0.3 is 0 Å². The third kappa shape index (κ3) is 5.14. The van der Waals surface area contributed by atoms with Crippen molar-refractivity contribution in [2.24, 2.45) is 5.10 Å². The standard InChI is InChI=1S/C18H20N2O3/c1-13-4-9-17(14(2)10-13)23-12-18(21)20-19-11-15-5-7-16(22-3)8-6-15/h4-11H,12H2,1-3H3,(H,20,21)/b19-11-. The summed E-state index contributed by atoms with van der Waals surface area (Å²) in [5.41, 5.74) is 5.45. The molecule has 5 nitrogen and oxygen atoms in total. The number of hydrazone groups is 1. The van der Waals surface area contributed by atoms with E-state index in [0.29, 0.717) is 5.75 Å². The van der Waals surface area contributed by atoms with Crippen molar-refractivity contribution in [3.63, 3.8) is 0 Å². The molecule has 0 aromatic heterocycles. The van der Waals surface area contributed by atoms with Gasteiger partial charge in [0, 0.05) is 0 Å². The summed E-state index contributed by atoms with van der Waals surface area (Å²) in [6, 6.07) is 13.2. The Morgan fingerprint density at radius 3 is 2.57 bits per heavy atom. The van der Waals surface area contributed by atoms with Crippen molar-refractivity contribution in [1.82, 2.24) is 5.43 Å². The molecule has 0 saturated carbocycles. The van der Waals surface area contributed by atoms with Crippen LogP contribution in [0.1, 0.15) is 16.7 Å². The normalized spacial score (nSPS) is 10.6. The van der Waals surface area contributed by atoms with Crippen molar-refractivity contribution < 1.29 is 14.3 Å². The summed E-state index contributed by atoms with van der Waals surface area (Å²) >= 11 is 0. The Bertz CT molecular complexity index is 694. The van der Waals surface area contributed by atoms with Crippen LogP contribution in [-0.2, 0) is 4.79 Å². The highest BCUT2D eigenvalue weighted by Crippen LogP contribution is 2.18. The topological polar surface area (TPSA) is 59.9 Å². The van der Waals surface area contributed by atoms with Crippen LogP contribution in [0.15, 0.2) is 47.6 Å². The van der Waals surface area contributed by atoms with Crippen molar-refractivity contribution in [3.8, 4) is 11.5 Å². The number of rotatable bonds is 6. The SMILES string of the molecule is COc1ccc(/C=N\NC(=O)COc2ccc(C)cc2C)cc1. The maximum absolute atomic E-state index is 11.7. The molecular weight excluding hydrogens is 292 g/mol. The van der Waals surface area contributed by atoms with E-state index >= 15 is 0 Å². The van der Waals surface area contributed by atoms with Crippen LogP contribution in [-0.4, -0.2) is 25.8 Å². The lowest BCUT2D eigenvalue weighted by Gasteiger charge is -2.08. The molecule has 0 fully saturated rings. The number of ether oxygens (including phenoxy) is 2. The van der Waals surface area contributed by atoms with Crippen LogP contribution in [0.3, 0.4) is 0 Å². The highest BCUT2D eigenvalue weighted by molar-refractivity contribution is 5.83. The van der Waals surface area contributed by atoms with Gasteiger partial charge in [-0.05, 0) is 55.3 Å². The predicted octanol–water partition coefficient (Wildman–Crippen LogP) is 2.84. The lowest BCUT2D eigenvalue weighted by atomic mass is 10.1. The van der Waals surface area contributed by atoms with Crippen molar-refractivity contribution in [2.75, 3.05) is 13.7 Å². The fraction of sp³-hybridized carbons (Fsp3) is 0.222. The molecule has 0 bridgehead atoms. The fourth-order valence-corrected chi connectivity index (χ4v) is 2.01. The number of aryl methyl sites for hydroxylation is 2. The van der Waals surface area contributed by atoms with Gasteiger partial charge in [0.05, 0.1) is 13.3 Å². The smallest absolute Gasteiger partial charge is 0.277 e. The second-order valence-electron chi connectivity index (χ2n) is 5.12. The first-order chi connectivity index (χ1) is 11.1. The van der Waals surface area contributed by atoms with Gasteiger partial charge in [-0.25, -0.2) is 5.43 Å². The molecule has 0 aliphatic carbocycles. The zero-order chi connectivity index (χ0) is 16.7. The van der Waals surface area contributed by atoms with E-state index in [2.05, 4.69) is 10.5 Å². The van der Waals surface area contributed by atoms with Gasteiger partial charge in [-0.2, -0.15) is 5.10 Å². The largest absolute Gasteiger partial charge is 0.497 e. The minimum absolute atomic E-state index is 0.0795. The molecule has 0 spiro atoms. The van der Waals surface area contributed by atoms with E-state index in [1.807, 2.05) is 56.3 Å². The number of benzene rings is 2. The molecule has 0 radical (unpaired) electrons. The minimum atomic E-state index is -0.310. The van der Waals surface area contributed by atoms with Crippen molar-refractivity contribution in [2.45, 2.75) is 13.8 Å². The summed E-state index contributed by atoms with van der Waals surface area (Å²) < 4.78 is 10.6. The third-order valence-corrected chi connectivity index (χ3v) is 3.21. The van der Waals surface area contributed by atoms with E-state index in [9.17, 15) is 4.79 Å². The van der Waals surface area contributed by atoms with Gasteiger partial charge in [0.25, 0.3) is 5.91 Å². The maximum atomic E-state index is 11.7. The highest BCUT2D eigenvalue weighted by Gasteiger charge is 2.04. The Labute approximate surface area is 135 Å². The third-order valence-electron chi connectivity index (χ3n) is 3.21. The van der Waals surface area contributed by atoms with Gasteiger partial charge < -0.3 is 9.47 Å². The average molecular weight is 312 g/mol. The molecule has 0 saturated heterocycles. The van der Waals surface area contributed by atoms with E-state index in [1.165, 1.54) is 0 Å². The van der Waals surface area contributed by atoms with E-state index in [0.717, 1.165) is 22.4 Å². The summed E-state index contributed by atoms with van der Waals surface area (Å²) in [7, 11) is 1.61. The quantitative estimate of drug-likeness (QED) is 0.659. The number of methoxy groups -OCH3 is 1. The molecule has 2 rings (SSSR count). The monoisotopic (exact) mass is 312 g/mol. The van der Waals surface area contributed by atoms with Crippen LogP contribution < -0.4 is 14.9 Å². The molecular formula is C18H20N2O3. The molecule has 0 aliphatic rings. The van der Waals surface area contributed by atoms with Crippen molar-refractivity contribution in [1.29, 1.82) is 0 Å². The molecule has 120 valence electrons. The molecule has 0 aliphatic heterocycles. The zero-order valence-electron chi connectivity index (χ0n) is 13.5. The first-order valence-electron chi connectivity index (χ1n) is 7.24. The Kier molecular flexibility index (Phi) is 5.74. The number of carbonyl (C=O) groups excluding carboxylic acids is 1. The van der Waals surface area contributed by atoms with E-state index in [-0.39, 0.29) is 12.5 Å². The van der Waals surface area contributed by atoms with Gasteiger partial charge in [-0.3, -0.25) is 4.79 Å². The van der Waals surface area contributed by atoms with E-state index < -0.39 is 0 Å². The van der Waals surface area contributed by atoms with Crippen molar-refractivity contribution >= 4 is 12.1 Å². The van der Waals surface area contributed by atoms with E-state index in [4.69, 9.17) is 9.47 Å². The summed E-state index contributed by atoms with van der Waals surface area (Å²) in [4.78, 5) is 11.7. The van der Waals surface area contributed by atoms with Gasteiger partial charge in [0.1, 0.15) is 11.5 Å². The Hall–Kier alpha value is -2.82. The molecule has 5 heteroatoms. The Balaban J connectivity index is 1.81. The molecule has 23 heavy (non-hydrogen) atoms. The Morgan fingerprint density at radius 2 is 1.91 bits per heavy atom. The summed E-state index contributed by atoms with van der Waals surface area (Å²) in [5, 5.41) is 3.90. The van der Waals surface area contributed by atoms with Crippen LogP contribution in [0.2, 0.25) is 0 Å². The number of hydrogen-bond donors (Lipinski definition) is 1. The van der Waals surface area contributed by atoms with Crippen LogP contribution in [0.5, 0.6) is 11.5 Å². The molecule has 0 atom stereocenters. The Morgan fingerprint density at radius 1 is 1.17 bits per heavy atom. The first-order valence-corrected chi connectivity index (χ1v) is 7.24. The van der Waals surface area contributed by atoms with Crippen LogP contribution in [0.4, 0.5) is 0 Å². The molecule has 1 N–H and O–H groups in total. The number of amides is 1. The molecule has 2 aromatic carbocycles. The number of nitrogens with zero attached hydrogens (tertiary/aromatic N) is 1. The van der Waals surface area contributed by atoms with Crippen LogP contribution in [0.25, 0.3) is 0 Å². The molecule has 0 heterocycles. The lowest BCUT2D eigenvalue weighted by molar-refractivity contribution is -0.123. The van der Waals surface area contributed by atoms with Crippen molar-refractivity contribution in [3.05, 3.63) is 59.2 Å². The number of carbonyl (C=O) groups is 1. The minimum Gasteiger partial charge on any atom is -0.497 e. The van der Waals surface area contributed by atoms with Crippen LogP contribution in [0, 0.1) is 13.8 Å². The first kappa shape index (κ1) is 16.5. The zero-order valence-corrected chi connectivity index (χ0v) is 13.5. The van der Waals surface area contributed by atoms with Crippen LogP contribution >= 0.6 is 0 Å². The second kappa shape index (κ2) is 7.98. The summed E-state index contributed by atoms with van der Waals surface area (Å²) in [6.07, 6.45) is 1.56. The maximum Gasteiger partial charge on any atom is 0.277 e. The number of hydrogen-bond acceptors (Lipinski definition) is 4. The summed E-state index contributed by atoms with van der Waals surface area (Å²) in [6.45, 7) is 3.88. The molecule has 0 unspecified atom stereocenters.